The van der Waals surface area contributed by atoms with E-state index in [1.807, 2.05) is 42.7 Å². The monoisotopic (exact) mass is 552 g/mol. The number of imidazole rings is 1. The van der Waals surface area contributed by atoms with Crippen LogP contribution in [-0.2, 0) is 38.7 Å². The van der Waals surface area contributed by atoms with Gasteiger partial charge >= 0.3 is 0 Å². The van der Waals surface area contributed by atoms with Crippen LogP contribution >= 0.6 is 0 Å². The van der Waals surface area contributed by atoms with Gasteiger partial charge in [-0.25, -0.2) is 4.98 Å². The molecule has 0 spiro atoms. The Balaban J connectivity index is 0.990. The number of amides is 1. The molecule has 212 valence electrons. The van der Waals surface area contributed by atoms with Crippen LogP contribution in [-0.4, -0.2) is 78.2 Å². The fraction of sp³-hybridized carbons (Fsp3) is 0.407. The third kappa shape index (κ3) is 7.68. The molecule has 0 aliphatic carbocycles. The normalized spacial score (nSPS) is 12.9. The van der Waals surface area contributed by atoms with Gasteiger partial charge in [-0.2, -0.15) is 4.98 Å². The highest BCUT2D eigenvalue weighted by Gasteiger charge is 2.21. The van der Waals surface area contributed by atoms with Crippen molar-refractivity contribution in [2.24, 2.45) is 5.73 Å². The number of nitrogens with two attached hydrogens (primary N) is 1. The van der Waals surface area contributed by atoms with Gasteiger partial charge in [-0.15, -0.1) is 0 Å². The van der Waals surface area contributed by atoms with Crippen LogP contribution in [0.5, 0.6) is 11.5 Å². The summed E-state index contributed by atoms with van der Waals surface area (Å²) in [5.74, 6) is 1.83. The average Bonchev–Trinajstić information content (AvgIpc) is 3.61. The van der Waals surface area contributed by atoms with Crippen LogP contribution in [0.15, 0.2) is 53.3 Å². The number of pyridine rings is 1. The number of benzene rings is 1. The van der Waals surface area contributed by atoms with Crippen LogP contribution in [0, 0.1) is 0 Å². The van der Waals surface area contributed by atoms with Gasteiger partial charge < -0.3 is 43.3 Å². The van der Waals surface area contributed by atoms with Crippen LogP contribution in [0.2, 0.25) is 0 Å². The van der Waals surface area contributed by atoms with Crippen molar-refractivity contribution in [3.05, 3.63) is 60.4 Å². The zero-order chi connectivity index (χ0) is 27.6. The van der Waals surface area contributed by atoms with Crippen LogP contribution < -0.4 is 20.1 Å². The van der Waals surface area contributed by atoms with Gasteiger partial charge in [0.15, 0.2) is 5.58 Å². The molecule has 40 heavy (non-hydrogen) atoms. The standard InChI is InChI=1S/C27H32N6O7/c28-25(34)19-37-12-11-35-9-10-36-13-14-38-22-2-1-20(30-16-22)18-39-21-3-4-24-23(15-21)31-27(40-24)33-8-7-32-6-5-29-26(32)17-33/h1-6,15-16H,7-14,17-19H2,(H2,28,34). The molecule has 0 radical (unpaired) electrons. The van der Waals surface area contributed by atoms with Crippen molar-refractivity contribution in [2.45, 2.75) is 19.7 Å². The van der Waals surface area contributed by atoms with E-state index in [2.05, 4.69) is 24.4 Å². The lowest BCUT2D eigenvalue weighted by Crippen LogP contribution is -2.33. The fourth-order valence-electron chi connectivity index (χ4n) is 4.03. The zero-order valence-corrected chi connectivity index (χ0v) is 22.1. The van der Waals surface area contributed by atoms with E-state index in [1.165, 1.54) is 0 Å². The maximum atomic E-state index is 10.5. The number of primary amides is 1. The summed E-state index contributed by atoms with van der Waals surface area (Å²) in [7, 11) is 0. The van der Waals surface area contributed by atoms with Gasteiger partial charge in [0.05, 0.1) is 51.5 Å². The summed E-state index contributed by atoms with van der Waals surface area (Å²) in [5, 5.41) is 0. The van der Waals surface area contributed by atoms with Crippen LogP contribution in [0.1, 0.15) is 11.5 Å². The number of fused-ring (bicyclic) bond motifs is 2. The minimum Gasteiger partial charge on any atom is -0.490 e. The molecule has 2 N–H and O–H groups in total. The number of anilines is 1. The maximum absolute atomic E-state index is 10.5. The van der Waals surface area contributed by atoms with Gasteiger partial charge in [0.25, 0.3) is 6.01 Å². The molecule has 13 heteroatoms. The summed E-state index contributed by atoms with van der Waals surface area (Å²) < 4.78 is 35.5. The van der Waals surface area contributed by atoms with Crippen molar-refractivity contribution in [1.29, 1.82) is 0 Å². The van der Waals surface area contributed by atoms with Crippen LogP contribution in [0.25, 0.3) is 11.1 Å². The third-order valence-electron chi connectivity index (χ3n) is 6.03. The fourth-order valence-corrected chi connectivity index (χ4v) is 4.03. The SMILES string of the molecule is NC(=O)COCCOCCOCCOc1ccc(COc2ccc3oc(N4CCn5ccnc5C4)nc3c2)nc1. The van der Waals surface area contributed by atoms with Crippen LogP contribution in [0.4, 0.5) is 6.01 Å². The number of oxazole rings is 1. The lowest BCUT2D eigenvalue weighted by molar-refractivity contribution is -0.123. The summed E-state index contributed by atoms with van der Waals surface area (Å²) in [5.41, 5.74) is 7.19. The van der Waals surface area contributed by atoms with E-state index in [4.69, 9.17) is 33.8 Å². The highest BCUT2D eigenvalue weighted by molar-refractivity contribution is 5.76. The van der Waals surface area contributed by atoms with E-state index in [1.54, 1.807) is 6.20 Å². The number of rotatable bonds is 16. The van der Waals surface area contributed by atoms with Gasteiger partial charge in [-0.1, -0.05) is 0 Å². The molecule has 1 amide bonds. The topological polar surface area (TPSA) is 149 Å². The largest absolute Gasteiger partial charge is 0.490 e. The predicted octanol–water partition coefficient (Wildman–Crippen LogP) is 1.93. The molecular weight excluding hydrogens is 520 g/mol. The quantitative estimate of drug-likeness (QED) is 0.203. The molecule has 3 aromatic heterocycles. The van der Waals surface area contributed by atoms with Gasteiger partial charge in [0.1, 0.15) is 42.7 Å². The molecule has 0 unspecified atom stereocenters. The summed E-state index contributed by atoms with van der Waals surface area (Å²) in [6, 6.07) is 9.89. The van der Waals surface area contributed by atoms with Gasteiger partial charge in [-0.3, -0.25) is 9.78 Å². The minimum absolute atomic E-state index is 0.102. The Kier molecular flexibility index (Phi) is 9.40. The second-order valence-corrected chi connectivity index (χ2v) is 8.95. The van der Waals surface area contributed by atoms with Crippen LogP contribution in [0.3, 0.4) is 0 Å². The van der Waals surface area contributed by atoms with E-state index in [9.17, 15) is 4.79 Å². The number of hydrogen-bond acceptors (Lipinski definition) is 11. The van der Waals surface area contributed by atoms with E-state index in [-0.39, 0.29) is 6.61 Å². The van der Waals surface area contributed by atoms with Gasteiger partial charge in [0.2, 0.25) is 5.91 Å². The van der Waals surface area contributed by atoms with Crippen molar-refractivity contribution in [2.75, 3.05) is 57.7 Å². The lowest BCUT2D eigenvalue weighted by Gasteiger charge is -2.25. The molecule has 1 aliphatic heterocycles. The molecule has 0 saturated heterocycles. The van der Waals surface area contributed by atoms with Gasteiger partial charge in [0, 0.05) is 31.5 Å². The lowest BCUT2D eigenvalue weighted by atomic mass is 10.3. The molecule has 13 nitrogen and oxygen atoms in total. The van der Waals surface area contributed by atoms with E-state index >= 15 is 0 Å². The Morgan fingerprint density at radius 2 is 1.73 bits per heavy atom. The molecule has 0 saturated carbocycles. The Labute approximate surface area is 230 Å². The molecule has 4 aromatic rings. The molecule has 0 atom stereocenters. The molecule has 4 heterocycles. The van der Waals surface area contributed by atoms with Crippen molar-refractivity contribution < 1.29 is 32.9 Å². The molecule has 1 aromatic carbocycles. The molecular formula is C27H32N6O7. The zero-order valence-electron chi connectivity index (χ0n) is 22.1. The number of ether oxygens (including phenoxy) is 5. The molecule has 0 bridgehead atoms. The number of aromatic nitrogens is 4. The molecule has 5 rings (SSSR count). The summed E-state index contributed by atoms with van der Waals surface area (Å²) in [6.07, 6.45) is 5.46. The van der Waals surface area contributed by atoms with E-state index < -0.39 is 5.91 Å². The summed E-state index contributed by atoms with van der Waals surface area (Å²) >= 11 is 0. The minimum atomic E-state index is -0.500. The van der Waals surface area contributed by atoms with Crippen molar-refractivity contribution in [1.82, 2.24) is 19.5 Å². The molecule has 0 fully saturated rings. The number of carbonyl (C=O) groups excluding carboxylic acids is 1. The predicted molar refractivity (Wildman–Crippen MR) is 143 cm³/mol. The van der Waals surface area contributed by atoms with Gasteiger partial charge in [-0.05, 0) is 24.3 Å². The smallest absolute Gasteiger partial charge is 0.298 e. The highest BCUT2D eigenvalue weighted by atomic mass is 16.6. The second-order valence-electron chi connectivity index (χ2n) is 8.95. The number of carbonyl (C=O) groups is 1. The first-order valence-electron chi connectivity index (χ1n) is 13.0. The van der Waals surface area contributed by atoms with E-state index in [0.29, 0.717) is 75.9 Å². The Hall–Kier alpha value is -4.20. The first kappa shape index (κ1) is 27.4. The second kappa shape index (κ2) is 13.7. The summed E-state index contributed by atoms with van der Waals surface area (Å²) in [4.78, 5) is 26.1. The Morgan fingerprint density at radius 1 is 0.925 bits per heavy atom. The van der Waals surface area contributed by atoms with Crippen molar-refractivity contribution in [3.63, 3.8) is 0 Å². The average molecular weight is 553 g/mol. The highest BCUT2D eigenvalue weighted by Crippen LogP contribution is 2.28. The van der Waals surface area contributed by atoms with Crippen molar-refractivity contribution >= 4 is 23.0 Å². The Morgan fingerprint density at radius 3 is 2.52 bits per heavy atom. The third-order valence-corrected chi connectivity index (χ3v) is 6.03. The molecule has 1 aliphatic rings. The number of nitrogens with zero attached hydrogens (tertiary/aromatic N) is 5. The summed E-state index contributed by atoms with van der Waals surface area (Å²) in [6.45, 7) is 4.87. The Bertz CT molecular complexity index is 1370. The first-order valence-corrected chi connectivity index (χ1v) is 13.0. The van der Waals surface area contributed by atoms with E-state index in [0.717, 1.165) is 30.1 Å². The van der Waals surface area contributed by atoms with Crippen molar-refractivity contribution in [3.8, 4) is 11.5 Å². The first-order chi connectivity index (χ1) is 19.6. The maximum Gasteiger partial charge on any atom is 0.298 e. The number of hydrogen-bond donors (Lipinski definition) is 1.